The van der Waals surface area contributed by atoms with Crippen LogP contribution in [0.1, 0.15) is 23.8 Å². The minimum Gasteiger partial charge on any atom is -0.370 e. The van der Waals surface area contributed by atoms with E-state index in [1.165, 1.54) is 20.5 Å². The van der Waals surface area contributed by atoms with Gasteiger partial charge in [0, 0.05) is 16.0 Å². The van der Waals surface area contributed by atoms with Crippen molar-refractivity contribution in [1.29, 1.82) is 0 Å². The molecule has 0 aliphatic heterocycles. The van der Waals surface area contributed by atoms with Gasteiger partial charge in [-0.25, -0.2) is 0 Å². The van der Waals surface area contributed by atoms with Gasteiger partial charge in [-0.05, 0) is 29.9 Å². The summed E-state index contributed by atoms with van der Waals surface area (Å²) in [4.78, 5) is 12.1. The normalized spacial score (nSPS) is 10.8. The molecule has 0 atom stereocenters. The Morgan fingerprint density at radius 1 is 1.38 bits per heavy atom. The fraction of sp³-hybridized carbons (Fsp3) is 0.308. The van der Waals surface area contributed by atoms with Gasteiger partial charge in [0.1, 0.15) is 0 Å². The molecule has 1 aromatic carbocycles. The Hall–Kier alpha value is -1.35. The largest absolute Gasteiger partial charge is 0.370 e. The second kappa shape index (κ2) is 4.66. The summed E-state index contributed by atoms with van der Waals surface area (Å²) in [5.41, 5.74) is 6.57. The number of hydrogen-bond donors (Lipinski definition) is 1. The second-order valence-corrected chi connectivity index (χ2v) is 4.96. The molecule has 0 fully saturated rings. The molecule has 2 N–H and O–H groups in total. The van der Waals surface area contributed by atoms with Crippen LogP contribution in [0.4, 0.5) is 0 Å². The number of benzene rings is 1. The Morgan fingerprint density at radius 2 is 2.12 bits per heavy atom. The summed E-state index contributed by atoms with van der Waals surface area (Å²) >= 11 is 1.78. The van der Waals surface area contributed by atoms with E-state index in [4.69, 9.17) is 5.73 Å². The minimum atomic E-state index is -0.223. The highest BCUT2D eigenvalue weighted by molar-refractivity contribution is 7.19. The molecule has 1 amide bonds. The number of fused-ring (bicyclic) bond motifs is 1. The highest BCUT2D eigenvalue weighted by Crippen LogP contribution is 2.32. The molecule has 2 nitrogen and oxygen atoms in total. The molecule has 3 heteroatoms. The number of thiophene rings is 1. The van der Waals surface area contributed by atoms with Gasteiger partial charge in [-0.15, -0.1) is 11.3 Å². The summed E-state index contributed by atoms with van der Waals surface area (Å²) in [7, 11) is 0. The molecule has 1 aromatic heterocycles. The predicted molar refractivity (Wildman–Crippen MR) is 68.7 cm³/mol. The summed E-state index contributed by atoms with van der Waals surface area (Å²) in [5, 5.41) is 1.33. The van der Waals surface area contributed by atoms with E-state index in [1.54, 1.807) is 11.3 Å². The maximum atomic E-state index is 10.8. The molecule has 0 spiro atoms. The highest BCUT2D eigenvalue weighted by atomic mass is 32.1. The quantitative estimate of drug-likeness (QED) is 0.867. The molecule has 0 bridgehead atoms. The third-order valence-electron chi connectivity index (χ3n) is 2.73. The summed E-state index contributed by atoms with van der Waals surface area (Å²) in [6.45, 7) is 2.16. The van der Waals surface area contributed by atoms with E-state index in [0.29, 0.717) is 6.42 Å². The Kier molecular flexibility index (Phi) is 3.25. The molecule has 2 rings (SSSR count). The van der Waals surface area contributed by atoms with E-state index >= 15 is 0 Å². The molecule has 16 heavy (non-hydrogen) atoms. The van der Waals surface area contributed by atoms with Crippen molar-refractivity contribution in [2.24, 2.45) is 5.73 Å². The lowest BCUT2D eigenvalue weighted by atomic mass is 10.1. The van der Waals surface area contributed by atoms with Gasteiger partial charge < -0.3 is 5.73 Å². The molecule has 0 saturated heterocycles. The minimum absolute atomic E-state index is 0.223. The van der Waals surface area contributed by atoms with Crippen LogP contribution < -0.4 is 5.73 Å². The Morgan fingerprint density at radius 3 is 2.81 bits per heavy atom. The zero-order valence-electron chi connectivity index (χ0n) is 9.32. The molecular formula is C13H15NOS. The van der Waals surface area contributed by atoms with Crippen LogP contribution in [0, 0.1) is 0 Å². The number of aryl methyl sites for hydroxylation is 2. The number of carbonyl (C=O) groups excluding carboxylic acids is 1. The SMILES string of the molecule is CCc1c(CCC(N)=O)sc2ccccc12. The average Bonchev–Trinajstić information content (AvgIpc) is 2.63. The van der Waals surface area contributed by atoms with E-state index in [0.717, 1.165) is 12.8 Å². The van der Waals surface area contributed by atoms with Crippen LogP contribution in [0.3, 0.4) is 0 Å². The number of rotatable bonds is 4. The lowest BCUT2D eigenvalue weighted by molar-refractivity contribution is -0.117. The van der Waals surface area contributed by atoms with Gasteiger partial charge in [-0.1, -0.05) is 25.1 Å². The van der Waals surface area contributed by atoms with Crippen molar-refractivity contribution in [3.05, 3.63) is 34.7 Å². The second-order valence-electron chi connectivity index (χ2n) is 3.82. The average molecular weight is 233 g/mol. The number of nitrogens with two attached hydrogens (primary N) is 1. The molecule has 0 radical (unpaired) electrons. The summed E-state index contributed by atoms with van der Waals surface area (Å²) in [6.07, 6.45) is 2.23. The van der Waals surface area contributed by atoms with Crippen LogP contribution in [0.2, 0.25) is 0 Å². The van der Waals surface area contributed by atoms with E-state index < -0.39 is 0 Å². The topological polar surface area (TPSA) is 43.1 Å². The smallest absolute Gasteiger partial charge is 0.217 e. The lowest BCUT2D eigenvalue weighted by Crippen LogP contribution is -2.11. The fourth-order valence-electron chi connectivity index (χ4n) is 1.98. The van der Waals surface area contributed by atoms with Gasteiger partial charge in [0.05, 0.1) is 0 Å². The fourth-order valence-corrected chi connectivity index (χ4v) is 3.27. The molecule has 2 aromatic rings. The van der Waals surface area contributed by atoms with E-state index in [9.17, 15) is 4.79 Å². The van der Waals surface area contributed by atoms with Crippen molar-refractivity contribution in [2.75, 3.05) is 0 Å². The van der Waals surface area contributed by atoms with Gasteiger partial charge in [0.25, 0.3) is 0 Å². The summed E-state index contributed by atoms with van der Waals surface area (Å²) < 4.78 is 1.30. The van der Waals surface area contributed by atoms with Crippen LogP contribution >= 0.6 is 11.3 Å². The number of primary amides is 1. The first-order valence-corrected chi connectivity index (χ1v) is 6.31. The van der Waals surface area contributed by atoms with Crippen LogP contribution in [0.25, 0.3) is 10.1 Å². The maximum absolute atomic E-state index is 10.8. The molecule has 1 heterocycles. The highest BCUT2D eigenvalue weighted by Gasteiger charge is 2.10. The molecule has 0 saturated carbocycles. The van der Waals surface area contributed by atoms with Crippen molar-refractivity contribution >= 4 is 27.3 Å². The lowest BCUT2D eigenvalue weighted by Gasteiger charge is -1.99. The van der Waals surface area contributed by atoms with Gasteiger partial charge in [0.2, 0.25) is 5.91 Å². The van der Waals surface area contributed by atoms with Gasteiger partial charge in [-0.3, -0.25) is 4.79 Å². The van der Waals surface area contributed by atoms with Crippen LogP contribution in [0.15, 0.2) is 24.3 Å². The van der Waals surface area contributed by atoms with Crippen LogP contribution in [-0.4, -0.2) is 5.91 Å². The third-order valence-corrected chi connectivity index (χ3v) is 4.01. The molecule has 0 aliphatic rings. The van der Waals surface area contributed by atoms with Crippen molar-refractivity contribution in [3.63, 3.8) is 0 Å². The first-order valence-electron chi connectivity index (χ1n) is 5.50. The Labute approximate surface area is 99.1 Å². The Bertz CT molecular complexity index is 516. The van der Waals surface area contributed by atoms with Crippen molar-refractivity contribution in [1.82, 2.24) is 0 Å². The van der Waals surface area contributed by atoms with Gasteiger partial charge >= 0.3 is 0 Å². The Balaban J connectivity index is 2.40. The van der Waals surface area contributed by atoms with E-state index in [2.05, 4.69) is 31.2 Å². The first kappa shape index (κ1) is 11.1. The van der Waals surface area contributed by atoms with E-state index in [-0.39, 0.29) is 5.91 Å². The molecule has 0 unspecified atom stereocenters. The summed E-state index contributed by atoms with van der Waals surface area (Å²) in [6, 6.07) is 8.40. The van der Waals surface area contributed by atoms with E-state index in [1.807, 2.05) is 0 Å². The zero-order chi connectivity index (χ0) is 11.5. The molecule has 84 valence electrons. The van der Waals surface area contributed by atoms with Crippen molar-refractivity contribution < 1.29 is 4.79 Å². The molecule has 0 aliphatic carbocycles. The van der Waals surface area contributed by atoms with Crippen LogP contribution in [-0.2, 0) is 17.6 Å². The number of hydrogen-bond acceptors (Lipinski definition) is 2. The number of carbonyl (C=O) groups is 1. The van der Waals surface area contributed by atoms with Gasteiger partial charge in [0.15, 0.2) is 0 Å². The summed E-state index contributed by atoms with van der Waals surface area (Å²) in [5.74, 6) is -0.223. The predicted octanol–water partition coefficient (Wildman–Crippen LogP) is 2.88. The maximum Gasteiger partial charge on any atom is 0.217 e. The standard InChI is InChI=1S/C13H15NOS/c1-2-9-10-5-3-4-6-11(10)16-12(9)7-8-13(14)15/h3-6H,2,7-8H2,1H3,(H2,14,15). The third kappa shape index (κ3) is 2.09. The van der Waals surface area contributed by atoms with Crippen molar-refractivity contribution in [3.8, 4) is 0 Å². The van der Waals surface area contributed by atoms with Crippen LogP contribution in [0.5, 0.6) is 0 Å². The molecular weight excluding hydrogens is 218 g/mol. The number of amides is 1. The van der Waals surface area contributed by atoms with Crippen molar-refractivity contribution in [2.45, 2.75) is 26.2 Å². The monoisotopic (exact) mass is 233 g/mol. The zero-order valence-corrected chi connectivity index (χ0v) is 10.1. The first-order chi connectivity index (χ1) is 7.72. The van der Waals surface area contributed by atoms with Gasteiger partial charge in [-0.2, -0.15) is 0 Å².